The molecule has 5 heteroatoms. The van der Waals surface area contributed by atoms with E-state index in [4.69, 9.17) is 0 Å². The second kappa shape index (κ2) is 7.61. The van der Waals surface area contributed by atoms with E-state index < -0.39 is 0 Å². The maximum Gasteiger partial charge on any atom is 0.315 e. The van der Waals surface area contributed by atoms with Gasteiger partial charge in [0.2, 0.25) is 0 Å². The third-order valence-corrected chi connectivity index (χ3v) is 2.98. The fourth-order valence-corrected chi connectivity index (χ4v) is 2.10. The van der Waals surface area contributed by atoms with Crippen LogP contribution in [-0.2, 0) is 0 Å². The van der Waals surface area contributed by atoms with Gasteiger partial charge in [-0.2, -0.15) is 0 Å². The van der Waals surface area contributed by atoms with Crippen LogP contribution in [0.15, 0.2) is 18.2 Å². The first-order valence-electron chi connectivity index (χ1n) is 6.91. The van der Waals surface area contributed by atoms with Gasteiger partial charge in [0.15, 0.2) is 0 Å². The fraction of sp³-hybridized carbons (Fsp3) is 0.571. The molecule has 1 N–H and O–H groups in total. The van der Waals surface area contributed by atoms with E-state index >= 15 is 0 Å². The van der Waals surface area contributed by atoms with Crippen molar-refractivity contribution in [2.24, 2.45) is 0 Å². The first-order chi connectivity index (χ1) is 9.15. The Labute approximate surface area is 114 Å². The van der Waals surface area contributed by atoms with Crippen molar-refractivity contribution in [3.8, 4) is 0 Å². The van der Waals surface area contributed by atoms with Crippen molar-refractivity contribution in [2.45, 2.75) is 33.6 Å². The van der Waals surface area contributed by atoms with Crippen molar-refractivity contribution in [3.05, 3.63) is 28.3 Å². The van der Waals surface area contributed by atoms with Crippen LogP contribution in [0.5, 0.6) is 0 Å². The molecule has 0 aromatic heterocycles. The molecular weight excluding hydrogens is 242 g/mol. The Hall–Kier alpha value is -1.78. The highest BCUT2D eigenvalue weighted by Gasteiger charge is 2.22. The zero-order valence-corrected chi connectivity index (χ0v) is 12.0. The summed E-state index contributed by atoms with van der Waals surface area (Å²) in [7, 11) is 0. The summed E-state index contributed by atoms with van der Waals surface area (Å²) < 4.78 is 0. The van der Waals surface area contributed by atoms with E-state index in [9.17, 15) is 10.1 Å². The zero-order chi connectivity index (χ0) is 14.3. The maximum absolute atomic E-state index is 11.4. The maximum atomic E-state index is 11.4. The standard InChI is InChI=1S/C14H23N3O2/c1-4-10-15-12-8-7-9-13(14(12)17(18)19)16(6-3)11-5-2/h7-9,15H,4-6,10-11H2,1-3H3. The second-order valence-corrected chi connectivity index (χ2v) is 4.44. The van der Waals surface area contributed by atoms with Crippen molar-refractivity contribution >= 4 is 17.1 Å². The summed E-state index contributed by atoms with van der Waals surface area (Å²) >= 11 is 0. The van der Waals surface area contributed by atoms with Gasteiger partial charge in [0.25, 0.3) is 0 Å². The summed E-state index contributed by atoms with van der Waals surface area (Å²) in [5.74, 6) is 0. The molecule has 0 heterocycles. The number of benzene rings is 1. The van der Waals surface area contributed by atoms with Crippen LogP contribution >= 0.6 is 0 Å². The molecule has 0 saturated carbocycles. The van der Waals surface area contributed by atoms with E-state index in [1.54, 1.807) is 6.07 Å². The second-order valence-electron chi connectivity index (χ2n) is 4.44. The number of nitrogens with zero attached hydrogens (tertiary/aromatic N) is 2. The van der Waals surface area contributed by atoms with E-state index in [1.165, 1.54) is 0 Å². The zero-order valence-electron chi connectivity index (χ0n) is 12.0. The number of para-hydroxylation sites is 1. The quantitative estimate of drug-likeness (QED) is 0.575. The van der Waals surface area contributed by atoms with Gasteiger partial charge in [-0.15, -0.1) is 0 Å². The summed E-state index contributed by atoms with van der Waals surface area (Å²) in [6.07, 6.45) is 1.91. The Morgan fingerprint density at radius 3 is 2.53 bits per heavy atom. The minimum atomic E-state index is -0.286. The third-order valence-electron chi connectivity index (χ3n) is 2.98. The van der Waals surface area contributed by atoms with Gasteiger partial charge >= 0.3 is 5.69 Å². The molecular formula is C14H23N3O2. The molecule has 0 atom stereocenters. The Balaban J connectivity index is 3.18. The molecule has 0 aliphatic carbocycles. The predicted octanol–water partition coefficient (Wildman–Crippen LogP) is 3.65. The summed E-state index contributed by atoms with van der Waals surface area (Å²) in [5.41, 5.74) is 1.50. The van der Waals surface area contributed by atoms with Crippen molar-refractivity contribution in [1.29, 1.82) is 0 Å². The molecule has 0 fully saturated rings. The largest absolute Gasteiger partial charge is 0.379 e. The molecule has 0 unspecified atom stereocenters. The molecule has 1 aromatic rings. The van der Waals surface area contributed by atoms with Crippen molar-refractivity contribution in [3.63, 3.8) is 0 Å². The van der Waals surface area contributed by atoms with Crippen molar-refractivity contribution < 1.29 is 4.92 Å². The normalized spacial score (nSPS) is 10.3. The number of hydrogen-bond acceptors (Lipinski definition) is 4. The van der Waals surface area contributed by atoms with Crippen LogP contribution in [0, 0.1) is 10.1 Å². The smallest absolute Gasteiger partial charge is 0.315 e. The lowest BCUT2D eigenvalue weighted by molar-refractivity contribution is -0.383. The molecule has 0 bridgehead atoms. The van der Waals surface area contributed by atoms with Crippen LogP contribution in [0.1, 0.15) is 33.6 Å². The molecule has 19 heavy (non-hydrogen) atoms. The lowest BCUT2D eigenvalue weighted by atomic mass is 10.2. The number of nitro benzene ring substituents is 1. The fourth-order valence-electron chi connectivity index (χ4n) is 2.10. The van der Waals surface area contributed by atoms with Crippen LogP contribution < -0.4 is 10.2 Å². The van der Waals surface area contributed by atoms with Gasteiger partial charge in [-0.05, 0) is 31.9 Å². The van der Waals surface area contributed by atoms with E-state index in [1.807, 2.05) is 26.0 Å². The summed E-state index contributed by atoms with van der Waals surface area (Å²) in [6, 6.07) is 5.48. The topological polar surface area (TPSA) is 58.4 Å². The SMILES string of the molecule is CCCNc1cccc(N(CC)CCC)c1[N+](=O)[O-]. The van der Waals surface area contributed by atoms with Crippen molar-refractivity contribution in [2.75, 3.05) is 29.9 Å². The van der Waals surface area contributed by atoms with E-state index in [2.05, 4.69) is 17.1 Å². The van der Waals surface area contributed by atoms with Crippen LogP contribution in [0.4, 0.5) is 17.1 Å². The summed E-state index contributed by atoms with van der Waals surface area (Å²) in [6.45, 7) is 8.47. The monoisotopic (exact) mass is 265 g/mol. The Kier molecular flexibility index (Phi) is 6.12. The van der Waals surface area contributed by atoms with E-state index in [-0.39, 0.29) is 10.6 Å². The number of hydrogen-bond donors (Lipinski definition) is 1. The van der Waals surface area contributed by atoms with E-state index in [0.717, 1.165) is 32.5 Å². The molecule has 0 radical (unpaired) electrons. The molecule has 5 nitrogen and oxygen atoms in total. The number of anilines is 2. The first kappa shape index (κ1) is 15.3. The highest BCUT2D eigenvalue weighted by Crippen LogP contribution is 2.35. The van der Waals surface area contributed by atoms with Gasteiger partial charge in [-0.3, -0.25) is 10.1 Å². The van der Waals surface area contributed by atoms with Crippen LogP contribution in [0.25, 0.3) is 0 Å². The number of nitro groups is 1. The number of nitrogens with one attached hydrogen (secondary N) is 1. The lowest BCUT2D eigenvalue weighted by Crippen LogP contribution is -2.24. The van der Waals surface area contributed by atoms with Gasteiger partial charge in [0.05, 0.1) is 4.92 Å². The molecule has 0 amide bonds. The molecule has 0 spiro atoms. The van der Waals surface area contributed by atoms with Gasteiger partial charge < -0.3 is 10.2 Å². The highest BCUT2D eigenvalue weighted by atomic mass is 16.6. The lowest BCUT2D eigenvalue weighted by Gasteiger charge is -2.23. The van der Waals surface area contributed by atoms with Crippen LogP contribution in [-0.4, -0.2) is 24.6 Å². The first-order valence-corrected chi connectivity index (χ1v) is 6.91. The van der Waals surface area contributed by atoms with Gasteiger partial charge in [-0.25, -0.2) is 0 Å². The minimum absolute atomic E-state index is 0.186. The molecule has 1 aromatic carbocycles. The Morgan fingerprint density at radius 1 is 1.26 bits per heavy atom. The van der Waals surface area contributed by atoms with E-state index in [0.29, 0.717) is 11.4 Å². The Morgan fingerprint density at radius 2 is 2.00 bits per heavy atom. The van der Waals surface area contributed by atoms with Crippen molar-refractivity contribution in [1.82, 2.24) is 0 Å². The molecule has 0 aliphatic rings. The average molecular weight is 265 g/mol. The summed E-state index contributed by atoms with van der Waals surface area (Å²) in [4.78, 5) is 13.1. The average Bonchev–Trinajstić information content (AvgIpc) is 2.41. The molecule has 0 aliphatic heterocycles. The molecule has 106 valence electrons. The Bertz CT molecular complexity index is 421. The van der Waals surface area contributed by atoms with Gasteiger partial charge in [0.1, 0.15) is 11.4 Å². The highest BCUT2D eigenvalue weighted by molar-refractivity contribution is 5.77. The summed E-state index contributed by atoms with van der Waals surface area (Å²) in [5, 5.41) is 14.5. The van der Waals surface area contributed by atoms with Gasteiger partial charge in [0, 0.05) is 19.6 Å². The minimum Gasteiger partial charge on any atom is -0.379 e. The van der Waals surface area contributed by atoms with Crippen LogP contribution in [0.3, 0.4) is 0 Å². The molecule has 0 saturated heterocycles. The predicted molar refractivity (Wildman–Crippen MR) is 80.1 cm³/mol. The van der Waals surface area contributed by atoms with Crippen LogP contribution in [0.2, 0.25) is 0 Å². The third kappa shape index (κ3) is 3.84. The molecule has 1 rings (SSSR count). The number of rotatable bonds is 8. The van der Waals surface area contributed by atoms with Gasteiger partial charge in [-0.1, -0.05) is 19.9 Å².